The zero-order valence-electron chi connectivity index (χ0n) is 23.5. The molecule has 11 heteroatoms. The van der Waals surface area contributed by atoms with Gasteiger partial charge in [-0.2, -0.15) is 0 Å². The van der Waals surface area contributed by atoms with Crippen LogP contribution in [0.25, 0.3) is 0 Å². The lowest BCUT2D eigenvalue weighted by molar-refractivity contribution is -0.319. The lowest BCUT2D eigenvalue weighted by Crippen LogP contribution is -2.76. The fraction of sp³-hybridized carbons (Fsp3) is 0.793. The number of hydrogen-bond donors (Lipinski definition) is 3. The zero-order valence-corrected chi connectivity index (χ0v) is 23.5. The Labute approximate surface area is 233 Å². The third kappa shape index (κ3) is 4.18. The van der Waals surface area contributed by atoms with E-state index < -0.39 is 76.1 Å². The minimum atomic E-state index is -1.64. The molecule has 9 unspecified atom stereocenters. The molecule has 1 aliphatic heterocycles. The number of aliphatic hydroxyl groups is 3. The maximum atomic E-state index is 12.6. The van der Waals surface area contributed by atoms with Crippen LogP contribution >= 0.6 is 0 Å². The molecule has 222 valence electrons. The number of aliphatic hydroxyl groups excluding tert-OH is 1. The lowest BCUT2D eigenvalue weighted by Gasteiger charge is -2.68. The van der Waals surface area contributed by atoms with Crippen molar-refractivity contribution < 1.29 is 53.4 Å². The van der Waals surface area contributed by atoms with Gasteiger partial charge in [0.1, 0.15) is 25.4 Å². The van der Waals surface area contributed by atoms with Gasteiger partial charge in [0.25, 0.3) is 0 Å². The average Bonchev–Trinajstić information content (AvgIpc) is 3.37. The molecule has 0 aromatic heterocycles. The molecule has 40 heavy (non-hydrogen) atoms. The molecule has 0 aromatic carbocycles. The van der Waals surface area contributed by atoms with Crippen molar-refractivity contribution in [1.82, 2.24) is 0 Å². The number of esters is 4. The summed E-state index contributed by atoms with van der Waals surface area (Å²) in [5.74, 6) is -3.61. The zero-order chi connectivity index (χ0) is 29.3. The predicted octanol–water partition coefficient (Wildman–Crippen LogP) is 1.35. The summed E-state index contributed by atoms with van der Waals surface area (Å²) in [4.78, 5) is 48.2. The summed E-state index contributed by atoms with van der Waals surface area (Å²) in [5, 5.41) is 36.7. The first kappa shape index (κ1) is 29.0. The van der Waals surface area contributed by atoms with Crippen LogP contribution in [0.4, 0.5) is 0 Å². The predicted molar refractivity (Wildman–Crippen MR) is 136 cm³/mol. The second-order valence-electron chi connectivity index (χ2n) is 12.8. The van der Waals surface area contributed by atoms with E-state index in [9.17, 15) is 34.5 Å². The number of cyclic esters (lactones) is 1. The molecular formula is C29H40O11. The normalized spacial score (nSPS) is 45.8. The van der Waals surface area contributed by atoms with Gasteiger partial charge in [0, 0.05) is 51.0 Å². The van der Waals surface area contributed by atoms with E-state index in [4.69, 9.17) is 18.9 Å². The van der Waals surface area contributed by atoms with E-state index in [2.05, 4.69) is 0 Å². The van der Waals surface area contributed by atoms with Crippen molar-refractivity contribution in [2.75, 3.05) is 13.2 Å². The van der Waals surface area contributed by atoms with Crippen LogP contribution in [0.2, 0.25) is 0 Å². The lowest BCUT2D eigenvalue weighted by atomic mass is 9.40. The van der Waals surface area contributed by atoms with Gasteiger partial charge in [-0.25, -0.2) is 4.79 Å². The number of hydrogen-bond acceptors (Lipinski definition) is 11. The maximum absolute atomic E-state index is 12.6. The van der Waals surface area contributed by atoms with Crippen LogP contribution in [0, 0.1) is 28.6 Å². The first-order valence-corrected chi connectivity index (χ1v) is 14.1. The molecular weight excluding hydrogens is 524 g/mol. The van der Waals surface area contributed by atoms with Gasteiger partial charge in [-0.3, -0.25) is 14.4 Å². The van der Waals surface area contributed by atoms with Gasteiger partial charge in [-0.15, -0.1) is 0 Å². The number of carbonyl (C=O) groups excluding carboxylic acids is 4. The van der Waals surface area contributed by atoms with E-state index in [1.165, 1.54) is 26.8 Å². The molecule has 4 fully saturated rings. The second-order valence-corrected chi connectivity index (χ2v) is 12.8. The van der Waals surface area contributed by atoms with Gasteiger partial charge >= 0.3 is 23.9 Å². The van der Waals surface area contributed by atoms with Gasteiger partial charge in [0.15, 0.2) is 0 Å². The van der Waals surface area contributed by atoms with Crippen molar-refractivity contribution in [3.63, 3.8) is 0 Å². The molecule has 0 aromatic rings. The van der Waals surface area contributed by atoms with E-state index in [0.29, 0.717) is 19.3 Å². The molecule has 4 saturated carbocycles. The van der Waals surface area contributed by atoms with Crippen LogP contribution in [-0.4, -0.2) is 81.9 Å². The number of carbonyl (C=O) groups is 4. The molecule has 11 nitrogen and oxygen atoms in total. The van der Waals surface area contributed by atoms with Crippen LogP contribution in [0.15, 0.2) is 11.6 Å². The highest BCUT2D eigenvalue weighted by molar-refractivity contribution is 5.85. The van der Waals surface area contributed by atoms with E-state index in [1.54, 1.807) is 0 Å². The number of ether oxygens (including phenoxy) is 4. The van der Waals surface area contributed by atoms with Gasteiger partial charge in [0.05, 0.1) is 22.7 Å². The first-order valence-electron chi connectivity index (χ1n) is 14.1. The van der Waals surface area contributed by atoms with E-state index in [-0.39, 0.29) is 44.8 Å². The molecule has 0 amide bonds. The summed E-state index contributed by atoms with van der Waals surface area (Å²) >= 11 is 0. The fourth-order valence-electron chi connectivity index (χ4n) is 9.47. The Morgan fingerprint density at radius 3 is 2.33 bits per heavy atom. The summed E-state index contributed by atoms with van der Waals surface area (Å²) in [7, 11) is 0. The van der Waals surface area contributed by atoms with E-state index in [0.717, 1.165) is 5.57 Å². The molecule has 5 rings (SSSR count). The van der Waals surface area contributed by atoms with Gasteiger partial charge < -0.3 is 34.3 Å². The number of fused-ring (bicyclic) bond motifs is 5. The molecule has 0 saturated heterocycles. The SMILES string of the molecule is CC(=O)OCC12C(O)CC(OC(C)=O)CC1(O)CCC1C2[C@H](OC(C)=O)CC2(C)C(C3=CC(=O)OC3)CCC12O. The standard InChI is InChI=1S/C29H40O11/c1-15(30)38-14-28-23(33)10-19(39-16(2)31)11-27(28,35)7-5-21-25(28)22(40-17(3)32)12-26(4)20(6-8-29(21,26)36)18-9-24(34)37-13-18/h9,19-23,25,33,35-36H,5-8,10-14H2,1-4H3/t19?,20?,21?,22-,23?,25?,26?,27?,28?,29?/m1/s1. The molecule has 10 atom stereocenters. The molecule has 4 aliphatic carbocycles. The van der Waals surface area contributed by atoms with Crippen molar-refractivity contribution in [2.45, 2.75) is 102 Å². The smallest absolute Gasteiger partial charge is 0.331 e. The third-order valence-corrected chi connectivity index (χ3v) is 10.9. The monoisotopic (exact) mass is 564 g/mol. The summed E-state index contributed by atoms with van der Waals surface area (Å²) in [6.07, 6.45) is 0.267. The first-order chi connectivity index (χ1) is 18.7. The molecule has 0 bridgehead atoms. The fourth-order valence-corrected chi connectivity index (χ4v) is 9.47. The highest BCUT2D eigenvalue weighted by Crippen LogP contribution is 2.71. The molecule has 0 radical (unpaired) electrons. The second kappa shape index (κ2) is 9.80. The Bertz CT molecular complexity index is 1130. The largest absolute Gasteiger partial charge is 0.465 e. The molecule has 0 spiro atoms. The summed E-state index contributed by atoms with van der Waals surface area (Å²) in [6, 6.07) is 0. The van der Waals surface area contributed by atoms with Crippen LogP contribution in [0.5, 0.6) is 0 Å². The van der Waals surface area contributed by atoms with Crippen LogP contribution < -0.4 is 0 Å². The van der Waals surface area contributed by atoms with Crippen LogP contribution in [-0.2, 0) is 38.1 Å². The van der Waals surface area contributed by atoms with Crippen LogP contribution in [0.3, 0.4) is 0 Å². The minimum Gasteiger partial charge on any atom is -0.465 e. The molecule has 1 heterocycles. The summed E-state index contributed by atoms with van der Waals surface area (Å²) in [5.41, 5.74) is -4.43. The minimum absolute atomic E-state index is 0.00553. The van der Waals surface area contributed by atoms with Gasteiger partial charge in [-0.05, 0) is 49.5 Å². The van der Waals surface area contributed by atoms with Gasteiger partial charge in [0.2, 0.25) is 0 Å². The van der Waals surface area contributed by atoms with Crippen molar-refractivity contribution in [2.24, 2.45) is 28.6 Å². The number of rotatable bonds is 5. The summed E-state index contributed by atoms with van der Waals surface area (Å²) in [6.45, 7) is 5.54. The Morgan fingerprint density at radius 2 is 1.73 bits per heavy atom. The van der Waals surface area contributed by atoms with Crippen molar-refractivity contribution in [3.8, 4) is 0 Å². The Kier molecular flexibility index (Phi) is 7.11. The van der Waals surface area contributed by atoms with E-state index >= 15 is 0 Å². The van der Waals surface area contributed by atoms with E-state index in [1.807, 2.05) is 6.92 Å². The Hall–Kier alpha value is -2.50. The topological polar surface area (TPSA) is 166 Å². The Morgan fingerprint density at radius 1 is 1.02 bits per heavy atom. The average molecular weight is 565 g/mol. The van der Waals surface area contributed by atoms with Crippen LogP contribution in [0.1, 0.15) is 72.6 Å². The maximum Gasteiger partial charge on any atom is 0.331 e. The Balaban J connectivity index is 1.63. The summed E-state index contributed by atoms with van der Waals surface area (Å²) < 4.78 is 22.1. The molecule has 3 N–H and O–H groups in total. The molecule has 5 aliphatic rings. The van der Waals surface area contributed by atoms with Gasteiger partial charge in [-0.1, -0.05) is 6.92 Å². The highest BCUT2D eigenvalue weighted by Gasteiger charge is 2.76. The van der Waals surface area contributed by atoms with Crippen molar-refractivity contribution >= 4 is 23.9 Å². The third-order valence-electron chi connectivity index (χ3n) is 10.9. The quantitative estimate of drug-likeness (QED) is 0.326. The van der Waals surface area contributed by atoms with Crippen molar-refractivity contribution in [1.29, 1.82) is 0 Å². The highest BCUT2D eigenvalue weighted by atomic mass is 16.6. The van der Waals surface area contributed by atoms with Crippen molar-refractivity contribution in [3.05, 3.63) is 11.6 Å².